The Labute approximate surface area is 165 Å². The first-order valence-corrected chi connectivity index (χ1v) is 10.6. The second-order valence-corrected chi connectivity index (χ2v) is 8.58. The van der Waals surface area contributed by atoms with Gasteiger partial charge in [0.05, 0.1) is 9.82 Å². The number of nitrogens with zero attached hydrogens (tertiary/aromatic N) is 3. The molecule has 0 saturated carbocycles. The van der Waals surface area contributed by atoms with Crippen molar-refractivity contribution in [2.24, 2.45) is 0 Å². The summed E-state index contributed by atoms with van der Waals surface area (Å²) in [5.74, 6) is 0. The van der Waals surface area contributed by atoms with Crippen LogP contribution in [0.5, 0.6) is 0 Å². The molecule has 3 rings (SSSR count). The third kappa shape index (κ3) is 4.86. The van der Waals surface area contributed by atoms with Crippen LogP contribution < -0.4 is 9.62 Å². The lowest BCUT2D eigenvalue weighted by atomic mass is 10.2. The van der Waals surface area contributed by atoms with E-state index in [9.17, 15) is 18.5 Å². The lowest BCUT2D eigenvalue weighted by Crippen LogP contribution is -2.52. The summed E-state index contributed by atoms with van der Waals surface area (Å²) in [5, 5.41) is 10.9. The van der Waals surface area contributed by atoms with Crippen molar-refractivity contribution in [1.29, 1.82) is 0 Å². The lowest BCUT2D eigenvalue weighted by molar-refractivity contribution is -0.385. The second kappa shape index (κ2) is 8.68. The van der Waals surface area contributed by atoms with Gasteiger partial charge in [0.2, 0.25) is 10.0 Å². The monoisotopic (exact) mass is 404 g/mol. The van der Waals surface area contributed by atoms with Crippen LogP contribution in [0.25, 0.3) is 0 Å². The average Bonchev–Trinajstić information content (AvgIpc) is 2.73. The van der Waals surface area contributed by atoms with Crippen molar-refractivity contribution < 1.29 is 13.3 Å². The van der Waals surface area contributed by atoms with Gasteiger partial charge in [-0.15, -0.1) is 0 Å². The molecular weight excluding hydrogens is 380 g/mol. The molecule has 1 aliphatic heterocycles. The van der Waals surface area contributed by atoms with Crippen LogP contribution in [0, 0.1) is 10.1 Å². The molecule has 1 N–H and O–H groups in total. The van der Waals surface area contributed by atoms with Crippen molar-refractivity contribution in [2.45, 2.75) is 17.9 Å². The summed E-state index contributed by atoms with van der Waals surface area (Å²) < 4.78 is 27.5. The molecule has 1 saturated heterocycles. The van der Waals surface area contributed by atoms with Gasteiger partial charge in [-0.25, -0.2) is 13.1 Å². The number of nitro benzene ring substituents is 1. The fraction of sp³-hybridized carbons (Fsp3) is 0.368. The van der Waals surface area contributed by atoms with E-state index >= 15 is 0 Å². The summed E-state index contributed by atoms with van der Waals surface area (Å²) in [6.45, 7) is 5.67. The molecule has 0 radical (unpaired) electrons. The van der Waals surface area contributed by atoms with E-state index in [1.54, 1.807) is 0 Å². The first-order valence-electron chi connectivity index (χ1n) is 9.15. The Hall–Kier alpha value is -2.49. The molecule has 8 nitrogen and oxygen atoms in total. The maximum atomic E-state index is 12.5. The molecule has 150 valence electrons. The third-order valence-corrected chi connectivity index (χ3v) is 6.39. The molecule has 9 heteroatoms. The molecule has 1 heterocycles. The maximum Gasteiger partial charge on any atom is 0.270 e. The Morgan fingerprint density at radius 2 is 1.75 bits per heavy atom. The zero-order valence-corrected chi connectivity index (χ0v) is 16.5. The fourth-order valence-corrected chi connectivity index (χ4v) is 4.43. The van der Waals surface area contributed by atoms with Gasteiger partial charge >= 0.3 is 0 Å². The van der Waals surface area contributed by atoms with E-state index in [0.29, 0.717) is 0 Å². The summed E-state index contributed by atoms with van der Waals surface area (Å²) in [5.41, 5.74) is 0.953. The van der Waals surface area contributed by atoms with E-state index < -0.39 is 14.9 Å². The number of anilines is 1. The Kier molecular flexibility index (Phi) is 6.28. The van der Waals surface area contributed by atoms with Crippen molar-refractivity contribution >= 4 is 21.4 Å². The first-order chi connectivity index (χ1) is 13.4. The zero-order valence-electron chi connectivity index (χ0n) is 15.7. The molecule has 2 aromatic rings. The highest BCUT2D eigenvalue weighted by molar-refractivity contribution is 7.89. The van der Waals surface area contributed by atoms with Crippen LogP contribution in [0.4, 0.5) is 11.4 Å². The minimum atomic E-state index is -3.80. The highest BCUT2D eigenvalue weighted by Crippen LogP contribution is 2.18. The number of piperazine rings is 1. The van der Waals surface area contributed by atoms with Gasteiger partial charge in [0.15, 0.2) is 0 Å². The van der Waals surface area contributed by atoms with E-state index in [2.05, 4.69) is 26.7 Å². The van der Waals surface area contributed by atoms with Gasteiger partial charge in [-0.05, 0) is 25.1 Å². The standard InChI is InChI=1S/C19H24N4O4S/c1-16(21-10-12-22(13-11-21)17-6-3-2-4-7-17)15-20-28(26,27)19-9-5-8-18(14-19)23(24)25/h2-9,14,16,20H,10-13,15H2,1H3. The van der Waals surface area contributed by atoms with Gasteiger partial charge in [-0.3, -0.25) is 15.0 Å². The Bertz CT molecular complexity index is 913. The molecular formula is C19H24N4O4S. The fourth-order valence-electron chi connectivity index (χ4n) is 3.27. The van der Waals surface area contributed by atoms with E-state index in [0.717, 1.165) is 32.2 Å². The van der Waals surface area contributed by atoms with Gasteiger partial charge in [0.1, 0.15) is 0 Å². The van der Waals surface area contributed by atoms with Gasteiger partial charge in [0.25, 0.3) is 5.69 Å². The molecule has 0 aromatic heterocycles. The number of nitro groups is 1. The summed E-state index contributed by atoms with van der Waals surface area (Å²) in [7, 11) is -3.80. The van der Waals surface area contributed by atoms with Crippen LogP contribution in [-0.2, 0) is 10.0 Å². The minimum Gasteiger partial charge on any atom is -0.369 e. The number of sulfonamides is 1. The number of benzene rings is 2. The Morgan fingerprint density at radius 1 is 1.07 bits per heavy atom. The second-order valence-electron chi connectivity index (χ2n) is 6.81. The summed E-state index contributed by atoms with van der Waals surface area (Å²) in [6, 6.07) is 15.3. The van der Waals surface area contributed by atoms with Gasteiger partial charge in [-0.2, -0.15) is 0 Å². The molecule has 1 fully saturated rings. The van der Waals surface area contributed by atoms with Gasteiger partial charge in [0, 0.05) is 56.6 Å². The normalized spacial score (nSPS) is 16.7. The first kappa shape index (κ1) is 20.2. The molecule has 28 heavy (non-hydrogen) atoms. The van der Waals surface area contributed by atoms with Crippen molar-refractivity contribution in [3.05, 3.63) is 64.7 Å². The van der Waals surface area contributed by atoms with Gasteiger partial charge < -0.3 is 4.90 Å². The molecule has 1 unspecified atom stereocenters. The van der Waals surface area contributed by atoms with Crippen molar-refractivity contribution in [2.75, 3.05) is 37.6 Å². The Balaban J connectivity index is 1.55. The molecule has 2 aromatic carbocycles. The highest BCUT2D eigenvalue weighted by Gasteiger charge is 2.23. The van der Waals surface area contributed by atoms with Crippen LogP contribution in [0.2, 0.25) is 0 Å². The summed E-state index contributed by atoms with van der Waals surface area (Å²) in [4.78, 5) is 14.7. The van der Waals surface area contributed by atoms with Crippen molar-refractivity contribution in [1.82, 2.24) is 9.62 Å². The SMILES string of the molecule is CC(CNS(=O)(=O)c1cccc([N+](=O)[O-])c1)N1CCN(c2ccccc2)CC1. The van der Waals surface area contributed by atoms with Crippen LogP contribution in [0.1, 0.15) is 6.92 Å². The Morgan fingerprint density at radius 3 is 2.39 bits per heavy atom. The molecule has 0 amide bonds. The molecule has 0 bridgehead atoms. The van der Waals surface area contributed by atoms with Crippen LogP contribution >= 0.6 is 0 Å². The number of non-ortho nitro benzene ring substituents is 1. The smallest absolute Gasteiger partial charge is 0.270 e. The van der Waals surface area contributed by atoms with Crippen LogP contribution in [0.15, 0.2) is 59.5 Å². The van der Waals surface area contributed by atoms with Gasteiger partial charge in [-0.1, -0.05) is 24.3 Å². The van der Waals surface area contributed by atoms with E-state index in [-0.39, 0.29) is 23.2 Å². The van der Waals surface area contributed by atoms with Crippen molar-refractivity contribution in [3.63, 3.8) is 0 Å². The molecule has 1 atom stereocenters. The van der Waals surface area contributed by atoms with Crippen LogP contribution in [0.3, 0.4) is 0 Å². The minimum absolute atomic E-state index is 0.0198. The van der Waals surface area contributed by atoms with E-state index in [1.807, 2.05) is 25.1 Å². The number of hydrogen-bond acceptors (Lipinski definition) is 6. The van der Waals surface area contributed by atoms with E-state index in [1.165, 1.54) is 23.9 Å². The molecule has 1 aliphatic rings. The summed E-state index contributed by atoms with van der Waals surface area (Å²) in [6.07, 6.45) is 0. The largest absolute Gasteiger partial charge is 0.369 e. The average molecular weight is 404 g/mol. The number of hydrogen-bond donors (Lipinski definition) is 1. The molecule has 0 spiro atoms. The number of nitrogens with one attached hydrogen (secondary N) is 1. The van der Waals surface area contributed by atoms with E-state index in [4.69, 9.17) is 0 Å². The lowest BCUT2D eigenvalue weighted by Gasteiger charge is -2.39. The zero-order chi connectivity index (χ0) is 20.1. The highest BCUT2D eigenvalue weighted by atomic mass is 32.2. The van der Waals surface area contributed by atoms with Crippen molar-refractivity contribution in [3.8, 4) is 0 Å². The maximum absolute atomic E-state index is 12.5. The quantitative estimate of drug-likeness (QED) is 0.561. The number of rotatable bonds is 7. The topological polar surface area (TPSA) is 95.8 Å². The molecule has 0 aliphatic carbocycles. The predicted molar refractivity (Wildman–Crippen MR) is 108 cm³/mol. The summed E-state index contributed by atoms with van der Waals surface area (Å²) >= 11 is 0. The predicted octanol–water partition coefficient (Wildman–Crippen LogP) is 2.08. The third-order valence-electron chi connectivity index (χ3n) is 4.97. The number of para-hydroxylation sites is 1. The van der Waals surface area contributed by atoms with Crippen LogP contribution in [-0.4, -0.2) is 57.0 Å².